The third-order valence-electron chi connectivity index (χ3n) is 4.15. The molecule has 2 aromatic carbocycles. The lowest BCUT2D eigenvalue weighted by atomic mass is 10.1. The molecular weight excluding hydrogens is 464 g/mol. The van der Waals surface area contributed by atoms with Crippen LogP contribution >= 0.6 is 27.5 Å². The smallest absolute Gasteiger partial charge is 0.252 e. The van der Waals surface area contributed by atoms with Crippen LogP contribution in [0.1, 0.15) is 15.9 Å². The Morgan fingerprint density at radius 1 is 1.17 bits per heavy atom. The average Bonchev–Trinajstić information content (AvgIpc) is 2.68. The summed E-state index contributed by atoms with van der Waals surface area (Å²) >= 11 is 9.67. The van der Waals surface area contributed by atoms with E-state index < -0.39 is 0 Å². The highest BCUT2D eigenvalue weighted by molar-refractivity contribution is 9.10. The Kier molecular flexibility index (Phi) is 7.35. The third-order valence-corrected chi connectivity index (χ3v) is 5.20. The molecule has 0 saturated carbocycles. The average molecular weight is 484 g/mol. The van der Waals surface area contributed by atoms with Gasteiger partial charge in [0.2, 0.25) is 5.91 Å². The number of carbonyl (C=O) groups excluding carboxylic acids is 2. The van der Waals surface area contributed by atoms with Gasteiger partial charge in [0.05, 0.1) is 23.6 Å². The molecule has 29 heavy (non-hydrogen) atoms. The van der Waals surface area contributed by atoms with Gasteiger partial charge >= 0.3 is 0 Å². The number of ether oxygens (including phenoxy) is 3. The first kappa shape index (κ1) is 21.4. The van der Waals surface area contributed by atoms with Crippen LogP contribution in [0.2, 0.25) is 5.02 Å². The van der Waals surface area contributed by atoms with E-state index in [1.54, 1.807) is 37.4 Å². The lowest BCUT2D eigenvalue weighted by Crippen LogP contribution is -2.27. The van der Waals surface area contributed by atoms with E-state index in [0.29, 0.717) is 49.1 Å². The molecule has 0 aromatic heterocycles. The number of rotatable bonds is 7. The van der Waals surface area contributed by atoms with Crippen LogP contribution in [0.4, 0.5) is 5.69 Å². The summed E-state index contributed by atoms with van der Waals surface area (Å²) in [5.74, 6) is 0.744. The summed E-state index contributed by atoms with van der Waals surface area (Å²) in [5, 5.41) is 5.74. The van der Waals surface area contributed by atoms with Crippen LogP contribution in [0.5, 0.6) is 11.5 Å². The SMILES string of the molecule is COCCNC(=O)c1ccc(NC(=O)Cc2cc3c(cc2Br)OCCO3)cc1Cl. The normalized spacial score (nSPS) is 12.4. The first-order valence-electron chi connectivity index (χ1n) is 8.92. The van der Waals surface area contributed by atoms with Gasteiger partial charge < -0.3 is 24.8 Å². The number of fused-ring (bicyclic) bond motifs is 1. The van der Waals surface area contributed by atoms with E-state index in [1.807, 2.05) is 0 Å². The van der Waals surface area contributed by atoms with Crippen LogP contribution in [0, 0.1) is 0 Å². The van der Waals surface area contributed by atoms with E-state index in [2.05, 4.69) is 26.6 Å². The van der Waals surface area contributed by atoms with Crippen molar-refractivity contribution in [3.8, 4) is 11.5 Å². The lowest BCUT2D eigenvalue weighted by molar-refractivity contribution is -0.115. The number of amides is 2. The highest BCUT2D eigenvalue weighted by Crippen LogP contribution is 2.35. The Morgan fingerprint density at radius 2 is 1.90 bits per heavy atom. The molecule has 0 fully saturated rings. The van der Waals surface area contributed by atoms with Crippen molar-refractivity contribution in [1.29, 1.82) is 0 Å². The molecular formula is C20H20BrClN2O5. The van der Waals surface area contributed by atoms with Gasteiger partial charge in [-0.05, 0) is 35.9 Å². The summed E-state index contributed by atoms with van der Waals surface area (Å²) in [7, 11) is 1.56. The molecule has 1 aliphatic rings. The fourth-order valence-electron chi connectivity index (χ4n) is 2.76. The standard InChI is InChI=1S/C20H20BrClN2O5/c1-27-5-4-23-20(26)14-3-2-13(10-16(14)22)24-19(25)9-12-8-17-18(11-15(12)21)29-7-6-28-17/h2-3,8,10-11H,4-7,9H2,1H3,(H,23,26)(H,24,25). The lowest BCUT2D eigenvalue weighted by Gasteiger charge is -2.19. The van der Waals surface area contributed by atoms with Crippen LogP contribution in [0.25, 0.3) is 0 Å². The van der Waals surface area contributed by atoms with Crippen LogP contribution in [-0.2, 0) is 16.0 Å². The number of carbonyl (C=O) groups is 2. The van der Waals surface area contributed by atoms with Crippen molar-refractivity contribution >= 4 is 45.0 Å². The van der Waals surface area contributed by atoms with Gasteiger partial charge in [0.1, 0.15) is 13.2 Å². The summed E-state index contributed by atoms with van der Waals surface area (Å²) in [6, 6.07) is 8.33. The second-order valence-corrected chi connectivity index (χ2v) is 7.52. The second-order valence-electron chi connectivity index (χ2n) is 6.26. The summed E-state index contributed by atoms with van der Waals surface area (Å²) in [5.41, 5.74) is 1.60. The number of halogens is 2. The molecule has 0 bridgehead atoms. The zero-order valence-electron chi connectivity index (χ0n) is 15.7. The first-order valence-corrected chi connectivity index (χ1v) is 10.1. The molecule has 0 radical (unpaired) electrons. The molecule has 2 N–H and O–H groups in total. The fourth-order valence-corrected chi connectivity index (χ4v) is 3.49. The van der Waals surface area contributed by atoms with E-state index >= 15 is 0 Å². The molecule has 0 aliphatic carbocycles. The molecule has 0 saturated heterocycles. The molecule has 2 aromatic rings. The van der Waals surface area contributed by atoms with Crippen molar-refractivity contribution in [2.75, 3.05) is 38.8 Å². The third kappa shape index (κ3) is 5.62. The van der Waals surface area contributed by atoms with Gasteiger partial charge in [0.15, 0.2) is 11.5 Å². The van der Waals surface area contributed by atoms with E-state index in [4.69, 9.17) is 25.8 Å². The summed E-state index contributed by atoms with van der Waals surface area (Å²) < 4.78 is 16.7. The number of benzene rings is 2. The molecule has 2 amide bonds. The van der Waals surface area contributed by atoms with Crippen LogP contribution in [0.15, 0.2) is 34.8 Å². The Balaban J connectivity index is 1.64. The molecule has 154 valence electrons. The van der Waals surface area contributed by atoms with E-state index in [0.717, 1.165) is 10.0 Å². The molecule has 3 rings (SSSR count). The molecule has 1 heterocycles. The van der Waals surface area contributed by atoms with E-state index in [-0.39, 0.29) is 23.3 Å². The zero-order valence-corrected chi connectivity index (χ0v) is 18.1. The maximum Gasteiger partial charge on any atom is 0.252 e. The van der Waals surface area contributed by atoms with Gasteiger partial charge in [-0.2, -0.15) is 0 Å². The van der Waals surface area contributed by atoms with Gasteiger partial charge in [-0.3, -0.25) is 9.59 Å². The highest BCUT2D eigenvalue weighted by atomic mass is 79.9. The minimum atomic E-state index is -0.301. The topological polar surface area (TPSA) is 85.9 Å². The molecule has 9 heteroatoms. The van der Waals surface area contributed by atoms with Crippen molar-refractivity contribution in [1.82, 2.24) is 5.32 Å². The van der Waals surface area contributed by atoms with Gasteiger partial charge in [-0.1, -0.05) is 27.5 Å². The van der Waals surface area contributed by atoms with Crippen molar-refractivity contribution in [3.63, 3.8) is 0 Å². The van der Waals surface area contributed by atoms with Crippen LogP contribution in [0.3, 0.4) is 0 Å². The monoisotopic (exact) mass is 482 g/mol. The number of hydrogen-bond donors (Lipinski definition) is 2. The molecule has 0 spiro atoms. The Bertz CT molecular complexity index is 922. The maximum atomic E-state index is 12.5. The molecule has 0 atom stereocenters. The summed E-state index contributed by atoms with van der Waals surface area (Å²) in [6.45, 7) is 1.77. The second kappa shape index (κ2) is 9.96. The fraction of sp³-hybridized carbons (Fsp3) is 0.300. The van der Waals surface area contributed by atoms with Gasteiger partial charge in [-0.25, -0.2) is 0 Å². The molecule has 0 unspecified atom stereocenters. The highest BCUT2D eigenvalue weighted by Gasteiger charge is 2.17. The predicted octanol–water partition coefficient (Wildman–Crippen LogP) is 3.43. The Morgan fingerprint density at radius 3 is 2.59 bits per heavy atom. The molecule has 7 nitrogen and oxygen atoms in total. The number of anilines is 1. The van der Waals surface area contributed by atoms with Crippen LogP contribution < -0.4 is 20.1 Å². The van der Waals surface area contributed by atoms with Crippen molar-refractivity contribution in [3.05, 3.63) is 51.0 Å². The minimum absolute atomic E-state index is 0.133. The van der Waals surface area contributed by atoms with Gasteiger partial charge in [0.25, 0.3) is 5.91 Å². The maximum absolute atomic E-state index is 12.5. The van der Waals surface area contributed by atoms with E-state index in [1.165, 1.54) is 0 Å². The van der Waals surface area contributed by atoms with Crippen LogP contribution in [-0.4, -0.2) is 45.3 Å². The zero-order chi connectivity index (χ0) is 20.8. The number of methoxy groups -OCH3 is 1. The molecule has 1 aliphatic heterocycles. The summed E-state index contributed by atoms with van der Waals surface area (Å²) in [6.07, 6.45) is 0.133. The largest absolute Gasteiger partial charge is 0.486 e. The number of nitrogens with one attached hydrogen (secondary N) is 2. The van der Waals surface area contributed by atoms with Crippen molar-refractivity contribution in [2.24, 2.45) is 0 Å². The Hall–Kier alpha value is -2.29. The summed E-state index contributed by atoms with van der Waals surface area (Å²) in [4.78, 5) is 24.6. The minimum Gasteiger partial charge on any atom is -0.486 e. The first-order chi connectivity index (χ1) is 14.0. The van der Waals surface area contributed by atoms with Gasteiger partial charge in [0, 0.05) is 23.8 Å². The quantitative estimate of drug-likeness (QED) is 0.589. The number of hydrogen-bond acceptors (Lipinski definition) is 5. The van der Waals surface area contributed by atoms with E-state index in [9.17, 15) is 9.59 Å². The van der Waals surface area contributed by atoms with Gasteiger partial charge in [-0.15, -0.1) is 0 Å². The Labute approximate surface area is 181 Å². The van der Waals surface area contributed by atoms with Crippen molar-refractivity contribution in [2.45, 2.75) is 6.42 Å². The predicted molar refractivity (Wildman–Crippen MR) is 113 cm³/mol. The van der Waals surface area contributed by atoms with Crippen molar-refractivity contribution < 1.29 is 23.8 Å².